The van der Waals surface area contributed by atoms with Crippen LogP contribution in [0, 0.1) is 0 Å². The molecule has 0 saturated carbocycles. The highest BCUT2D eigenvalue weighted by Crippen LogP contribution is 2.30. The number of methoxy groups -OCH3 is 1. The minimum absolute atomic E-state index is 0.174. The third kappa shape index (κ3) is 4.64. The van der Waals surface area contributed by atoms with Gasteiger partial charge in [-0.15, -0.1) is 0 Å². The second kappa shape index (κ2) is 8.91. The Kier molecular flexibility index (Phi) is 6.11. The number of esters is 1. The van der Waals surface area contributed by atoms with Gasteiger partial charge in [0, 0.05) is 0 Å². The van der Waals surface area contributed by atoms with E-state index < -0.39 is 23.8 Å². The Labute approximate surface area is 171 Å². The van der Waals surface area contributed by atoms with E-state index in [-0.39, 0.29) is 17.1 Å². The number of rotatable bonds is 6. The van der Waals surface area contributed by atoms with E-state index in [4.69, 9.17) is 14.2 Å². The minimum Gasteiger partial charge on any atom is -0.497 e. The summed E-state index contributed by atoms with van der Waals surface area (Å²) in [7, 11) is 1.52. The van der Waals surface area contributed by atoms with Crippen molar-refractivity contribution in [2.45, 2.75) is 6.92 Å². The monoisotopic (exact) mass is 410 g/mol. The lowest BCUT2D eigenvalue weighted by molar-refractivity contribution is -0.123. The largest absolute Gasteiger partial charge is 0.497 e. The Bertz CT molecular complexity index is 1020. The van der Waals surface area contributed by atoms with E-state index in [1.807, 2.05) is 10.6 Å². The van der Waals surface area contributed by atoms with E-state index >= 15 is 0 Å². The van der Waals surface area contributed by atoms with Crippen molar-refractivity contribution in [3.8, 4) is 17.2 Å². The van der Waals surface area contributed by atoms with Crippen molar-refractivity contribution in [1.82, 2.24) is 10.6 Å². The van der Waals surface area contributed by atoms with Gasteiger partial charge in [0.15, 0.2) is 11.5 Å². The lowest BCUT2D eigenvalue weighted by Crippen LogP contribution is -2.51. The quantitative estimate of drug-likeness (QED) is 0.324. The van der Waals surface area contributed by atoms with Crippen LogP contribution in [0.2, 0.25) is 0 Å². The van der Waals surface area contributed by atoms with Crippen LogP contribution < -0.4 is 24.8 Å². The Balaban J connectivity index is 1.85. The molecule has 30 heavy (non-hydrogen) atoms. The van der Waals surface area contributed by atoms with Crippen LogP contribution in [0.4, 0.5) is 4.79 Å². The predicted octanol–water partition coefficient (Wildman–Crippen LogP) is 2.06. The summed E-state index contributed by atoms with van der Waals surface area (Å²) in [4.78, 5) is 47.3. The molecule has 2 aromatic carbocycles. The SMILES string of the molecule is CCOc1cc(C=C2C(=O)NC(=O)NC2=O)ccc1OC(=O)c1ccc(OC)cc1. The van der Waals surface area contributed by atoms with E-state index in [1.54, 1.807) is 37.3 Å². The smallest absolute Gasteiger partial charge is 0.343 e. The van der Waals surface area contributed by atoms with Crippen LogP contribution in [0.15, 0.2) is 48.0 Å². The third-order valence-corrected chi connectivity index (χ3v) is 4.05. The molecule has 1 heterocycles. The van der Waals surface area contributed by atoms with E-state index in [0.29, 0.717) is 23.5 Å². The molecule has 0 bridgehead atoms. The van der Waals surface area contributed by atoms with Gasteiger partial charge in [0.25, 0.3) is 11.8 Å². The molecule has 1 saturated heterocycles. The molecule has 4 amide bonds. The predicted molar refractivity (Wildman–Crippen MR) is 105 cm³/mol. The molecule has 2 aromatic rings. The van der Waals surface area contributed by atoms with Gasteiger partial charge in [-0.05, 0) is 55.0 Å². The zero-order chi connectivity index (χ0) is 21.7. The molecular weight excluding hydrogens is 392 g/mol. The number of carbonyl (C=O) groups excluding carboxylic acids is 4. The van der Waals surface area contributed by atoms with Gasteiger partial charge in [0.2, 0.25) is 0 Å². The number of carbonyl (C=O) groups is 4. The van der Waals surface area contributed by atoms with Gasteiger partial charge in [-0.2, -0.15) is 0 Å². The van der Waals surface area contributed by atoms with Crippen LogP contribution >= 0.6 is 0 Å². The molecule has 1 fully saturated rings. The zero-order valence-electron chi connectivity index (χ0n) is 16.2. The van der Waals surface area contributed by atoms with Gasteiger partial charge >= 0.3 is 12.0 Å². The average Bonchev–Trinajstić information content (AvgIpc) is 2.72. The second-order valence-corrected chi connectivity index (χ2v) is 6.05. The first-order valence-corrected chi connectivity index (χ1v) is 8.92. The summed E-state index contributed by atoms with van der Waals surface area (Å²) in [6.45, 7) is 2.05. The highest BCUT2D eigenvalue weighted by molar-refractivity contribution is 6.31. The minimum atomic E-state index is -0.877. The Hall–Kier alpha value is -4.14. The maximum Gasteiger partial charge on any atom is 0.343 e. The summed E-state index contributed by atoms with van der Waals surface area (Å²) in [5, 5.41) is 3.99. The highest BCUT2D eigenvalue weighted by atomic mass is 16.6. The van der Waals surface area contributed by atoms with E-state index in [9.17, 15) is 19.2 Å². The lowest BCUT2D eigenvalue weighted by Gasteiger charge is -2.15. The van der Waals surface area contributed by atoms with E-state index in [0.717, 1.165) is 0 Å². The van der Waals surface area contributed by atoms with Crippen LogP contribution in [0.5, 0.6) is 17.2 Å². The number of hydrogen-bond donors (Lipinski definition) is 2. The molecule has 0 spiro atoms. The van der Waals surface area contributed by atoms with Crippen molar-refractivity contribution in [2.24, 2.45) is 0 Å². The molecule has 9 nitrogen and oxygen atoms in total. The van der Waals surface area contributed by atoms with E-state index in [1.165, 1.54) is 25.3 Å². The van der Waals surface area contributed by atoms with E-state index in [2.05, 4.69) is 0 Å². The van der Waals surface area contributed by atoms with Gasteiger partial charge in [0.05, 0.1) is 19.3 Å². The first-order chi connectivity index (χ1) is 14.4. The number of ether oxygens (including phenoxy) is 3. The number of nitrogens with one attached hydrogen (secondary N) is 2. The van der Waals surface area contributed by atoms with Gasteiger partial charge in [-0.1, -0.05) is 6.07 Å². The molecule has 1 aliphatic rings. The molecule has 1 aliphatic heterocycles. The molecule has 0 aromatic heterocycles. The molecule has 3 rings (SSSR count). The first-order valence-electron chi connectivity index (χ1n) is 8.92. The first kappa shape index (κ1) is 20.6. The van der Waals surface area contributed by atoms with Gasteiger partial charge in [-0.25, -0.2) is 9.59 Å². The molecule has 0 radical (unpaired) electrons. The third-order valence-electron chi connectivity index (χ3n) is 4.05. The average molecular weight is 410 g/mol. The van der Waals surface area contributed by atoms with Crippen LogP contribution in [-0.4, -0.2) is 37.5 Å². The fourth-order valence-corrected chi connectivity index (χ4v) is 2.63. The summed E-state index contributed by atoms with van der Waals surface area (Å²) < 4.78 is 16.0. The summed E-state index contributed by atoms with van der Waals surface area (Å²) in [6.07, 6.45) is 1.30. The number of urea groups is 1. The lowest BCUT2D eigenvalue weighted by atomic mass is 10.1. The molecule has 154 valence electrons. The van der Waals surface area contributed by atoms with Gasteiger partial charge in [0.1, 0.15) is 11.3 Å². The van der Waals surface area contributed by atoms with Crippen molar-refractivity contribution >= 4 is 29.9 Å². The summed E-state index contributed by atoms with van der Waals surface area (Å²) in [5.74, 6) is -1.17. The normalized spacial score (nSPS) is 13.3. The highest BCUT2D eigenvalue weighted by Gasteiger charge is 2.27. The van der Waals surface area contributed by atoms with Crippen molar-refractivity contribution in [2.75, 3.05) is 13.7 Å². The summed E-state index contributed by atoms with van der Waals surface area (Å²) in [5.41, 5.74) is 0.530. The Morgan fingerprint density at radius 2 is 1.63 bits per heavy atom. The van der Waals surface area contributed by atoms with Crippen molar-refractivity contribution in [1.29, 1.82) is 0 Å². The van der Waals surface area contributed by atoms with Crippen LogP contribution in [0.1, 0.15) is 22.8 Å². The molecule has 0 aliphatic carbocycles. The van der Waals surface area contributed by atoms with Crippen molar-refractivity contribution in [3.05, 3.63) is 59.2 Å². The molecular formula is C21H18N2O7. The van der Waals surface area contributed by atoms with Crippen LogP contribution in [0.3, 0.4) is 0 Å². The van der Waals surface area contributed by atoms with Crippen LogP contribution in [-0.2, 0) is 9.59 Å². The topological polar surface area (TPSA) is 120 Å². The number of hydrogen-bond acceptors (Lipinski definition) is 7. The maximum absolute atomic E-state index is 12.4. The number of barbiturate groups is 1. The number of imide groups is 2. The summed E-state index contributed by atoms with van der Waals surface area (Å²) >= 11 is 0. The maximum atomic E-state index is 12.4. The summed E-state index contributed by atoms with van der Waals surface area (Å²) in [6, 6.07) is 10.1. The molecule has 9 heteroatoms. The van der Waals surface area contributed by atoms with Crippen molar-refractivity contribution < 1.29 is 33.4 Å². The van der Waals surface area contributed by atoms with Gasteiger partial charge < -0.3 is 14.2 Å². The Morgan fingerprint density at radius 3 is 2.23 bits per heavy atom. The molecule has 2 N–H and O–H groups in total. The number of amides is 4. The second-order valence-electron chi connectivity index (χ2n) is 6.05. The molecule has 0 unspecified atom stereocenters. The van der Waals surface area contributed by atoms with Gasteiger partial charge in [-0.3, -0.25) is 20.2 Å². The fraction of sp³-hybridized carbons (Fsp3) is 0.143. The van der Waals surface area contributed by atoms with Crippen LogP contribution in [0.25, 0.3) is 6.08 Å². The zero-order valence-corrected chi connectivity index (χ0v) is 16.2. The van der Waals surface area contributed by atoms with Crippen molar-refractivity contribution in [3.63, 3.8) is 0 Å². The Morgan fingerprint density at radius 1 is 0.967 bits per heavy atom. The number of benzene rings is 2. The molecule has 0 atom stereocenters. The standard InChI is InChI=1S/C21H18N2O7/c1-3-29-17-11-12(10-15-18(24)22-21(27)23-19(15)25)4-9-16(17)30-20(26)13-5-7-14(28-2)8-6-13/h4-11H,3H2,1-2H3,(H2,22,23,24,25,27). The fourth-order valence-electron chi connectivity index (χ4n) is 2.63.